The standard InChI is InChI=1S/C16H10O5/c1-7-10(16(20)21)6-11(17)13-12(7)14(18)8-4-2-3-5-9(8)15(13)19/h2-6,17H,1H3,(H,20,21). The van der Waals surface area contributed by atoms with Crippen LogP contribution in [-0.2, 0) is 0 Å². The Bertz CT molecular complexity index is 833. The maximum absolute atomic E-state index is 12.5. The van der Waals surface area contributed by atoms with Crippen LogP contribution in [-0.4, -0.2) is 27.7 Å². The molecular weight excluding hydrogens is 272 g/mol. The highest BCUT2D eigenvalue weighted by Gasteiger charge is 2.34. The van der Waals surface area contributed by atoms with Crippen LogP contribution >= 0.6 is 0 Å². The molecule has 0 aromatic heterocycles. The summed E-state index contributed by atoms with van der Waals surface area (Å²) in [7, 11) is 0. The lowest BCUT2D eigenvalue weighted by Crippen LogP contribution is -2.23. The summed E-state index contributed by atoms with van der Waals surface area (Å²) in [4.78, 5) is 36.2. The van der Waals surface area contributed by atoms with Crippen LogP contribution in [0.4, 0.5) is 0 Å². The summed E-state index contributed by atoms with van der Waals surface area (Å²) in [6.07, 6.45) is 0. The monoisotopic (exact) mass is 282 g/mol. The van der Waals surface area contributed by atoms with Crippen LogP contribution < -0.4 is 0 Å². The van der Waals surface area contributed by atoms with Crippen LogP contribution in [0.2, 0.25) is 0 Å². The van der Waals surface area contributed by atoms with E-state index in [1.54, 1.807) is 12.1 Å². The van der Waals surface area contributed by atoms with Gasteiger partial charge >= 0.3 is 5.97 Å². The molecule has 0 saturated carbocycles. The molecule has 3 rings (SSSR count). The summed E-state index contributed by atoms with van der Waals surface area (Å²) in [6, 6.07) is 7.30. The lowest BCUT2D eigenvalue weighted by Gasteiger charge is -2.21. The molecule has 5 heteroatoms. The van der Waals surface area contributed by atoms with E-state index in [-0.39, 0.29) is 33.4 Å². The molecule has 5 nitrogen and oxygen atoms in total. The van der Waals surface area contributed by atoms with Crippen molar-refractivity contribution < 1.29 is 24.6 Å². The summed E-state index contributed by atoms with van der Waals surface area (Å²) in [6.45, 7) is 1.46. The minimum absolute atomic E-state index is 0.0314. The molecule has 0 aliphatic heterocycles. The second-order valence-electron chi connectivity index (χ2n) is 4.83. The highest BCUT2D eigenvalue weighted by atomic mass is 16.4. The summed E-state index contributed by atoms with van der Waals surface area (Å²) in [5.74, 6) is -2.67. The van der Waals surface area contributed by atoms with Gasteiger partial charge in [0, 0.05) is 16.7 Å². The van der Waals surface area contributed by atoms with E-state index >= 15 is 0 Å². The molecule has 0 amide bonds. The number of carboxylic acids is 1. The SMILES string of the molecule is Cc1c(C(=O)O)cc(O)c2c1C(=O)c1ccccc1C2=O. The third-order valence-electron chi connectivity index (χ3n) is 3.67. The first-order valence-electron chi connectivity index (χ1n) is 6.21. The van der Waals surface area contributed by atoms with Gasteiger partial charge in [-0.3, -0.25) is 9.59 Å². The number of carbonyl (C=O) groups is 3. The van der Waals surface area contributed by atoms with E-state index < -0.39 is 23.3 Å². The molecule has 21 heavy (non-hydrogen) atoms. The molecule has 0 radical (unpaired) electrons. The Morgan fingerprint density at radius 3 is 2.05 bits per heavy atom. The molecule has 0 heterocycles. The van der Waals surface area contributed by atoms with Crippen molar-refractivity contribution in [2.45, 2.75) is 6.92 Å². The minimum Gasteiger partial charge on any atom is -0.507 e. The van der Waals surface area contributed by atoms with Gasteiger partial charge in [0.05, 0.1) is 11.1 Å². The van der Waals surface area contributed by atoms with Crippen molar-refractivity contribution in [3.05, 3.63) is 63.7 Å². The predicted molar refractivity (Wildman–Crippen MR) is 73.1 cm³/mol. The molecule has 0 bridgehead atoms. The number of benzene rings is 2. The Labute approximate surface area is 119 Å². The van der Waals surface area contributed by atoms with Crippen molar-refractivity contribution in [2.24, 2.45) is 0 Å². The van der Waals surface area contributed by atoms with Gasteiger partial charge in [-0.2, -0.15) is 0 Å². The van der Waals surface area contributed by atoms with Gasteiger partial charge in [0.2, 0.25) is 0 Å². The quantitative estimate of drug-likeness (QED) is 0.713. The van der Waals surface area contributed by atoms with Crippen LogP contribution in [0, 0.1) is 6.92 Å². The average Bonchev–Trinajstić information content (AvgIpc) is 2.46. The van der Waals surface area contributed by atoms with Gasteiger partial charge in [0.15, 0.2) is 11.6 Å². The Morgan fingerprint density at radius 2 is 1.52 bits per heavy atom. The molecule has 0 unspecified atom stereocenters. The van der Waals surface area contributed by atoms with E-state index in [4.69, 9.17) is 5.11 Å². The number of rotatable bonds is 1. The van der Waals surface area contributed by atoms with E-state index in [2.05, 4.69) is 0 Å². The number of ketones is 2. The highest BCUT2D eigenvalue weighted by molar-refractivity contribution is 6.30. The van der Waals surface area contributed by atoms with Gasteiger partial charge in [-0.1, -0.05) is 24.3 Å². The van der Waals surface area contributed by atoms with E-state index in [1.165, 1.54) is 19.1 Å². The molecule has 1 aliphatic carbocycles. The number of phenols is 1. The molecule has 1 aliphatic rings. The van der Waals surface area contributed by atoms with Crippen LogP contribution in [0.15, 0.2) is 30.3 Å². The third kappa shape index (κ3) is 1.67. The van der Waals surface area contributed by atoms with E-state index in [0.717, 1.165) is 6.07 Å². The van der Waals surface area contributed by atoms with Crippen molar-refractivity contribution in [1.29, 1.82) is 0 Å². The van der Waals surface area contributed by atoms with E-state index in [0.29, 0.717) is 0 Å². The largest absolute Gasteiger partial charge is 0.507 e. The van der Waals surface area contributed by atoms with Crippen LogP contribution in [0.1, 0.15) is 47.8 Å². The predicted octanol–water partition coefficient (Wildman–Crippen LogP) is 2.17. The third-order valence-corrected chi connectivity index (χ3v) is 3.67. The summed E-state index contributed by atoms with van der Waals surface area (Å²) < 4.78 is 0. The highest BCUT2D eigenvalue weighted by Crippen LogP contribution is 2.36. The zero-order chi connectivity index (χ0) is 15.3. The second kappa shape index (κ2) is 4.28. The lowest BCUT2D eigenvalue weighted by atomic mass is 9.80. The first-order valence-corrected chi connectivity index (χ1v) is 6.21. The molecule has 0 fully saturated rings. The fraction of sp³-hybridized carbons (Fsp3) is 0.0625. The van der Waals surface area contributed by atoms with Gasteiger partial charge in [-0.05, 0) is 18.6 Å². The van der Waals surface area contributed by atoms with Gasteiger partial charge in [-0.15, -0.1) is 0 Å². The topological polar surface area (TPSA) is 91.7 Å². The van der Waals surface area contributed by atoms with Crippen molar-refractivity contribution >= 4 is 17.5 Å². The molecule has 0 saturated heterocycles. The first kappa shape index (κ1) is 13.1. The molecular formula is C16H10O5. The van der Waals surface area contributed by atoms with Gasteiger partial charge in [0.1, 0.15) is 5.75 Å². The fourth-order valence-corrected chi connectivity index (χ4v) is 2.65. The average molecular weight is 282 g/mol. The molecule has 2 aromatic rings. The molecule has 2 aromatic carbocycles. The summed E-state index contributed by atoms with van der Waals surface area (Å²) in [5.41, 5.74) is 0.278. The van der Waals surface area contributed by atoms with Crippen molar-refractivity contribution in [1.82, 2.24) is 0 Å². The number of hydrogen-bond donors (Lipinski definition) is 2. The van der Waals surface area contributed by atoms with Crippen LogP contribution in [0.3, 0.4) is 0 Å². The number of fused-ring (bicyclic) bond motifs is 2. The number of phenolic OH excluding ortho intramolecular Hbond substituents is 1. The minimum atomic E-state index is -1.26. The number of aromatic carboxylic acids is 1. The van der Waals surface area contributed by atoms with Crippen LogP contribution in [0.25, 0.3) is 0 Å². The number of carbonyl (C=O) groups excluding carboxylic acids is 2. The second-order valence-corrected chi connectivity index (χ2v) is 4.83. The summed E-state index contributed by atoms with van der Waals surface area (Å²) >= 11 is 0. The maximum atomic E-state index is 12.5. The van der Waals surface area contributed by atoms with E-state index in [9.17, 15) is 19.5 Å². The first-order chi connectivity index (χ1) is 9.93. The van der Waals surface area contributed by atoms with Gasteiger partial charge in [-0.25, -0.2) is 4.79 Å². The number of aromatic hydroxyl groups is 1. The Balaban J connectivity index is 2.41. The zero-order valence-electron chi connectivity index (χ0n) is 11.0. The Kier molecular flexibility index (Phi) is 2.66. The normalized spacial score (nSPS) is 12.8. The number of carboxylic acid groups (broad SMARTS) is 1. The fourth-order valence-electron chi connectivity index (χ4n) is 2.65. The molecule has 0 atom stereocenters. The lowest BCUT2D eigenvalue weighted by molar-refractivity contribution is 0.0695. The Morgan fingerprint density at radius 1 is 1.00 bits per heavy atom. The van der Waals surface area contributed by atoms with Crippen molar-refractivity contribution in [3.63, 3.8) is 0 Å². The smallest absolute Gasteiger partial charge is 0.336 e. The number of hydrogen-bond acceptors (Lipinski definition) is 4. The van der Waals surface area contributed by atoms with Crippen molar-refractivity contribution in [2.75, 3.05) is 0 Å². The maximum Gasteiger partial charge on any atom is 0.336 e. The van der Waals surface area contributed by atoms with Gasteiger partial charge in [0.25, 0.3) is 0 Å². The molecule has 0 spiro atoms. The van der Waals surface area contributed by atoms with Crippen molar-refractivity contribution in [3.8, 4) is 5.75 Å². The zero-order valence-corrected chi connectivity index (χ0v) is 11.0. The Hall–Kier alpha value is -2.95. The van der Waals surface area contributed by atoms with E-state index in [1.807, 2.05) is 0 Å². The van der Waals surface area contributed by atoms with Crippen LogP contribution in [0.5, 0.6) is 5.75 Å². The van der Waals surface area contributed by atoms with Gasteiger partial charge < -0.3 is 10.2 Å². The molecule has 104 valence electrons. The molecule has 2 N–H and O–H groups in total. The summed E-state index contributed by atoms with van der Waals surface area (Å²) in [5, 5.41) is 19.1.